The molecule has 0 saturated heterocycles. The molecule has 0 heterocycles. The molecule has 1 aliphatic rings. The summed E-state index contributed by atoms with van der Waals surface area (Å²) in [4.78, 5) is 12.0. The molecule has 4 nitrogen and oxygen atoms in total. The van der Waals surface area contributed by atoms with Gasteiger partial charge in [-0.3, -0.25) is 0 Å². The first-order valence-electron chi connectivity index (χ1n) is 7.90. The van der Waals surface area contributed by atoms with Gasteiger partial charge in [0, 0.05) is 18.3 Å². The minimum absolute atomic E-state index is 0.131. The molecule has 2 amide bonds. The summed E-state index contributed by atoms with van der Waals surface area (Å²) >= 11 is 0. The molecule has 0 radical (unpaired) electrons. The molecule has 1 aromatic carbocycles. The van der Waals surface area contributed by atoms with Crippen LogP contribution in [-0.4, -0.2) is 23.8 Å². The van der Waals surface area contributed by atoms with Crippen LogP contribution in [0.3, 0.4) is 0 Å². The van der Waals surface area contributed by atoms with E-state index in [1.807, 2.05) is 18.2 Å². The molecule has 116 valence electrons. The second kappa shape index (κ2) is 7.46. The summed E-state index contributed by atoms with van der Waals surface area (Å²) in [5.74, 6) is 0.412. The predicted molar refractivity (Wildman–Crippen MR) is 85.5 cm³/mol. The van der Waals surface area contributed by atoms with Gasteiger partial charge in [-0.2, -0.15) is 0 Å². The minimum atomic E-state index is -0.131. The van der Waals surface area contributed by atoms with E-state index in [1.54, 1.807) is 0 Å². The van der Waals surface area contributed by atoms with Crippen LogP contribution >= 0.6 is 0 Å². The lowest BCUT2D eigenvalue weighted by Gasteiger charge is -2.28. The normalized spacial score (nSPS) is 21.9. The lowest BCUT2D eigenvalue weighted by molar-refractivity contribution is 0.176. The average molecular weight is 290 g/mol. The Morgan fingerprint density at radius 1 is 1.29 bits per heavy atom. The number of amides is 2. The van der Waals surface area contributed by atoms with Crippen LogP contribution in [0.15, 0.2) is 18.2 Å². The summed E-state index contributed by atoms with van der Waals surface area (Å²) in [5, 5.41) is 15.1. The average Bonchev–Trinajstić information content (AvgIpc) is 2.50. The van der Waals surface area contributed by atoms with Crippen LogP contribution in [-0.2, 0) is 6.42 Å². The predicted octanol–water partition coefficient (Wildman–Crippen LogP) is 3.23. The van der Waals surface area contributed by atoms with Crippen molar-refractivity contribution in [2.24, 2.45) is 5.92 Å². The molecule has 0 unspecified atom stereocenters. The first-order valence-corrected chi connectivity index (χ1v) is 7.90. The zero-order valence-corrected chi connectivity index (χ0v) is 13.0. The molecule has 0 aromatic heterocycles. The Morgan fingerprint density at radius 2 is 2.00 bits per heavy atom. The first-order chi connectivity index (χ1) is 10.1. The molecule has 4 heteroatoms. The van der Waals surface area contributed by atoms with Crippen LogP contribution < -0.4 is 10.6 Å². The summed E-state index contributed by atoms with van der Waals surface area (Å²) in [5.41, 5.74) is 3.36. The molecule has 1 aromatic rings. The molecule has 0 bridgehead atoms. The molecule has 0 spiro atoms. The maximum atomic E-state index is 12.0. The Hall–Kier alpha value is -1.55. The lowest BCUT2D eigenvalue weighted by Crippen LogP contribution is -2.40. The number of aryl methyl sites for hydroxylation is 2. The summed E-state index contributed by atoms with van der Waals surface area (Å²) in [7, 11) is 0. The number of benzene rings is 1. The minimum Gasteiger partial charge on any atom is -0.396 e. The largest absolute Gasteiger partial charge is 0.396 e. The Balaban J connectivity index is 1.85. The Labute approximate surface area is 126 Å². The van der Waals surface area contributed by atoms with Crippen LogP contribution in [0, 0.1) is 12.8 Å². The molecular formula is C17H26N2O2. The first kappa shape index (κ1) is 15.8. The molecule has 21 heavy (non-hydrogen) atoms. The van der Waals surface area contributed by atoms with Gasteiger partial charge in [-0.25, -0.2) is 4.79 Å². The molecule has 2 rings (SSSR count). The Bertz CT molecular complexity index is 480. The van der Waals surface area contributed by atoms with Crippen molar-refractivity contribution in [3.63, 3.8) is 0 Å². The number of hydrogen-bond donors (Lipinski definition) is 3. The molecule has 3 N–H and O–H groups in total. The number of carbonyl (C=O) groups excluding carboxylic acids is 1. The Morgan fingerprint density at radius 3 is 2.62 bits per heavy atom. The fourth-order valence-electron chi connectivity index (χ4n) is 2.97. The van der Waals surface area contributed by atoms with E-state index in [0.717, 1.165) is 37.8 Å². The van der Waals surface area contributed by atoms with Crippen molar-refractivity contribution in [1.29, 1.82) is 0 Å². The highest BCUT2D eigenvalue weighted by Crippen LogP contribution is 2.23. The van der Waals surface area contributed by atoms with E-state index in [0.29, 0.717) is 5.92 Å². The number of rotatable bonds is 4. The molecule has 1 aliphatic carbocycles. The fraction of sp³-hybridized carbons (Fsp3) is 0.588. The third-order valence-electron chi connectivity index (χ3n) is 4.43. The molecule has 0 atom stereocenters. The van der Waals surface area contributed by atoms with Crippen molar-refractivity contribution in [3.8, 4) is 0 Å². The van der Waals surface area contributed by atoms with Crippen molar-refractivity contribution in [3.05, 3.63) is 29.3 Å². The van der Waals surface area contributed by atoms with Gasteiger partial charge in [-0.05, 0) is 68.2 Å². The molecule has 0 aliphatic heterocycles. The van der Waals surface area contributed by atoms with E-state index in [1.165, 1.54) is 11.1 Å². The van der Waals surface area contributed by atoms with Gasteiger partial charge >= 0.3 is 6.03 Å². The monoisotopic (exact) mass is 290 g/mol. The SMILES string of the molecule is CCc1cc(NC(=O)NC2CCC(CO)CC2)ccc1C. The summed E-state index contributed by atoms with van der Waals surface area (Å²) in [6.07, 6.45) is 4.85. The number of urea groups is 1. The lowest BCUT2D eigenvalue weighted by atomic mass is 9.87. The highest BCUT2D eigenvalue weighted by Gasteiger charge is 2.21. The van der Waals surface area contributed by atoms with E-state index in [-0.39, 0.29) is 18.7 Å². The number of nitrogens with one attached hydrogen (secondary N) is 2. The third kappa shape index (κ3) is 4.46. The number of aliphatic hydroxyl groups excluding tert-OH is 1. The van der Waals surface area contributed by atoms with E-state index in [2.05, 4.69) is 24.5 Å². The zero-order valence-electron chi connectivity index (χ0n) is 13.0. The summed E-state index contributed by atoms with van der Waals surface area (Å²) < 4.78 is 0. The van der Waals surface area contributed by atoms with Gasteiger partial charge < -0.3 is 15.7 Å². The highest BCUT2D eigenvalue weighted by atomic mass is 16.3. The molecule has 1 saturated carbocycles. The highest BCUT2D eigenvalue weighted by molar-refractivity contribution is 5.89. The number of hydrogen-bond acceptors (Lipinski definition) is 2. The van der Waals surface area contributed by atoms with Crippen LogP contribution in [0.1, 0.15) is 43.7 Å². The van der Waals surface area contributed by atoms with Gasteiger partial charge in [-0.1, -0.05) is 13.0 Å². The summed E-state index contributed by atoms with van der Waals surface area (Å²) in [6.45, 7) is 4.47. The van der Waals surface area contributed by atoms with Gasteiger partial charge in [0.2, 0.25) is 0 Å². The van der Waals surface area contributed by atoms with Crippen molar-refractivity contribution in [2.75, 3.05) is 11.9 Å². The third-order valence-corrected chi connectivity index (χ3v) is 4.43. The van der Waals surface area contributed by atoms with Crippen molar-refractivity contribution in [1.82, 2.24) is 5.32 Å². The number of carbonyl (C=O) groups is 1. The number of anilines is 1. The van der Waals surface area contributed by atoms with Gasteiger partial charge in [0.15, 0.2) is 0 Å². The smallest absolute Gasteiger partial charge is 0.319 e. The zero-order chi connectivity index (χ0) is 15.2. The van der Waals surface area contributed by atoms with Gasteiger partial charge in [0.05, 0.1) is 0 Å². The standard InChI is InChI=1S/C17H26N2O2/c1-3-14-10-16(7-4-12(14)2)19-17(21)18-15-8-5-13(11-20)6-9-15/h4,7,10,13,15,20H,3,5-6,8-9,11H2,1-2H3,(H2,18,19,21). The van der Waals surface area contributed by atoms with E-state index in [4.69, 9.17) is 5.11 Å². The van der Waals surface area contributed by atoms with Crippen LogP contribution in [0.2, 0.25) is 0 Å². The number of aliphatic hydroxyl groups is 1. The van der Waals surface area contributed by atoms with Gasteiger partial charge in [0.25, 0.3) is 0 Å². The van der Waals surface area contributed by atoms with Crippen LogP contribution in [0.4, 0.5) is 10.5 Å². The van der Waals surface area contributed by atoms with E-state index >= 15 is 0 Å². The van der Waals surface area contributed by atoms with Crippen LogP contribution in [0.25, 0.3) is 0 Å². The Kier molecular flexibility index (Phi) is 5.62. The van der Waals surface area contributed by atoms with Crippen molar-refractivity contribution < 1.29 is 9.90 Å². The maximum Gasteiger partial charge on any atom is 0.319 e. The summed E-state index contributed by atoms with van der Waals surface area (Å²) in [6, 6.07) is 6.12. The van der Waals surface area contributed by atoms with Gasteiger partial charge in [-0.15, -0.1) is 0 Å². The molecule has 1 fully saturated rings. The maximum absolute atomic E-state index is 12.0. The quantitative estimate of drug-likeness (QED) is 0.797. The second-order valence-electron chi connectivity index (χ2n) is 5.99. The van der Waals surface area contributed by atoms with E-state index in [9.17, 15) is 4.79 Å². The fourth-order valence-corrected chi connectivity index (χ4v) is 2.97. The molecular weight excluding hydrogens is 264 g/mol. The topological polar surface area (TPSA) is 61.4 Å². The van der Waals surface area contributed by atoms with Crippen molar-refractivity contribution in [2.45, 2.75) is 52.0 Å². The second-order valence-corrected chi connectivity index (χ2v) is 5.99. The van der Waals surface area contributed by atoms with E-state index < -0.39 is 0 Å². The van der Waals surface area contributed by atoms with Crippen LogP contribution in [0.5, 0.6) is 0 Å². The van der Waals surface area contributed by atoms with Gasteiger partial charge in [0.1, 0.15) is 0 Å². The van der Waals surface area contributed by atoms with Crippen molar-refractivity contribution >= 4 is 11.7 Å².